The predicted molar refractivity (Wildman–Crippen MR) is 141 cm³/mol. The van der Waals surface area contributed by atoms with Crippen LogP contribution in [0.4, 0.5) is 5.95 Å². The van der Waals surface area contributed by atoms with Gasteiger partial charge in [-0.25, -0.2) is 15.0 Å². The summed E-state index contributed by atoms with van der Waals surface area (Å²) in [7, 11) is 0. The van der Waals surface area contributed by atoms with Gasteiger partial charge in [0.1, 0.15) is 4.88 Å². The van der Waals surface area contributed by atoms with E-state index in [1.54, 1.807) is 24.8 Å². The highest BCUT2D eigenvalue weighted by molar-refractivity contribution is 7.13. The van der Waals surface area contributed by atoms with E-state index in [2.05, 4.69) is 57.4 Å². The number of carbonyl (C=O) groups is 1. The monoisotopic (exact) mass is 486 g/mol. The quantitative estimate of drug-likeness (QED) is 0.356. The number of rotatable bonds is 8. The molecule has 0 fully saturated rings. The fourth-order valence-corrected chi connectivity index (χ4v) is 4.40. The Hall–Kier alpha value is -3.65. The van der Waals surface area contributed by atoms with Crippen molar-refractivity contribution < 1.29 is 4.79 Å². The summed E-state index contributed by atoms with van der Waals surface area (Å²) in [5, 5.41) is 7.27. The summed E-state index contributed by atoms with van der Waals surface area (Å²) < 4.78 is 0. The maximum atomic E-state index is 12.6. The Balaban J connectivity index is 1.36. The molecule has 0 bridgehead atoms. The van der Waals surface area contributed by atoms with E-state index in [4.69, 9.17) is 0 Å². The van der Waals surface area contributed by atoms with Crippen LogP contribution < -0.4 is 10.6 Å². The first-order valence-electron chi connectivity index (χ1n) is 11.6. The molecule has 2 N–H and O–H groups in total. The van der Waals surface area contributed by atoms with Gasteiger partial charge in [-0.05, 0) is 54.3 Å². The second-order valence-electron chi connectivity index (χ2n) is 9.40. The van der Waals surface area contributed by atoms with Crippen LogP contribution >= 0.6 is 11.3 Å². The summed E-state index contributed by atoms with van der Waals surface area (Å²) in [6.07, 6.45) is 7.89. The third kappa shape index (κ3) is 6.48. The highest BCUT2D eigenvalue weighted by Gasteiger charge is 2.20. The molecule has 0 aliphatic heterocycles. The molecule has 4 rings (SSSR count). The van der Waals surface area contributed by atoms with Gasteiger partial charge >= 0.3 is 0 Å². The molecule has 1 aromatic carbocycles. The molecule has 8 heteroatoms. The van der Waals surface area contributed by atoms with Crippen molar-refractivity contribution in [2.24, 2.45) is 0 Å². The van der Waals surface area contributed by atoms with E-state index >= 15 is 0 Å². The zero-order valence-corrected chi connectivity index (χ0v) is 21.3. The molecule has 0 radical (unpaired) electrons. The average Bonchev–Trinajstić information content (AvgIpc) is 3.35. The van der Waals surface area contributed by atoms with E-state index in [1.165, 1.54) is 16.9 Å². The molecule has 0 aliphatic rings. The smallest absolute Gasteiger partial charge is 0.263 e. The van der Waals surface area contributed by atoms with Gasteiger partial charge in [0.2, 0.25) is 5.95 Å². The van der Waals surface area contributed by atoms with Crippen molar-refractivity contribution in [3.8, 4) is 11.3 Å². The Labute approximate surface area is 210 Å². The zero-order chi connectivity index (χ0) is 24.8. The molecule has 7 nitrogen and oxygen atoms in total. The number of nitrogens with zero attached hydrogens (tertiary/aromatic N) is 4. The van der Waals surface area contributed by atoms with E-state index in [0.717, 1.165) is 40.4 Å². The van der Waals surface area contributed by atoms with Crippen molar-refractivity contribution in [3.63, 3.8) is 0 Å². The number of benzene rings is 1. The molecule has 0 saturated heterocycles. The number of nitrogens with one attached hydrogen (secondary N) is 2. The SMILES string of the molecule is Cc1cc(-c2ccnc(NCCc3ccncc3)n2)ccc1CNC(=O)c1cnc(C(C)(C)C)s1. The van der Waals surface area contributed by atoms with Crippen molar-refractivity contribution in [2.75, 3.05) is 11.9 Å². The van der Waals surface area contributed by atoms with Gasteiger partial charge in [-0.15, -0.1) is 11.3 Å². The van der Waals surface area contributed by atoms with Crippen LogP contribution in [0.5, 0.6) is 0 Å². The van der Waals surface area contributed by atoms with Gasteiger partial charge in [-0.3, -0.25) is 9.78 Å². The normalized spacial score (nSPS) is 11.3. The first-order chi connectivity index (χ1) is 16.8. The molecule has 4 aromatic rings. The number of anilines is 1. The molecule has 0 saturated carbocycles. The lowest BCUT2D eigenvalue weighted by molar-refractivity contribution is 0.0954. The van der Waals surface area contributed by atoms with E-state index in [0.29, 0.717) is 17.4 Å². The van der Waals surface area contributed by atoms with Crippen molar-refractivity contribution in [1.82, 2.24) is 25.3 Å². The first-order valence-corrected chi connectivity index (χ1v) is 12.4. The van der Waals surface area contributed by atoms with Gasteiger partial charge in [0, 0.05) is 42.7 Å². The van der Waals surface area contributed by atoms with E-state index in [-0.39, 0.29) is 11.3 Å². The van der Waals surface area contributed by atoms with E-state index < -0.39 is 0 Å². The Kier molecular flexibility index (Phi) is 7.51. The van der Waals surface area contributed by atoms with Crippen molar-refractivity contribution in [1.29, 1.82) is 0 Å². The van der Waals surface area contributed by atoms with Crippen molar-refractivity contribution >= 4 is 23.2 Å². The number of aromatic nitrogens is 4. The molecule has 0 atom stereocenters. The van der Waals surface area contributed by atoms with Gasteiger partial charge in [-0.1, -0.05) is 32.9 Å². The second-order valence-corrected chi connectivity index (χ2v) is 10.4. The van der Waals surface area contributed by atoms with Crippen LogP contribution in [0.1, 0.15) is 52.1 Å². The van der Waals surface area contributed by atoms with Crippen LogP contribution in [0, 0.1) is 6.92 Å². The number of amides is 1. The van der Waals surface area contributed by atoms with Crippen LogP contribution in [0.15, 0.2) is 61.2 Å². The van der Waals surface area contributed by atoms with Crippen molar-refractivity contribution in [3.05, 3.63) is 87.8 Å². The molecular formula is C27H30N6OS. The molecule has 3 heterocycles. The average molecular weight is 487 g/mol. The molecule has 0 aliphatic carbocycles. The van der Waals surface area contributed by atoms with E-state index in [9.17, 15) is 4.79 Å². The highest BCUT2D eigenvalue weighted by atomic mass is 32.1. The fourth-order valence-electron chi connectivity index (χ4n) is 3.51. The largest absolute Gasteiger partial charge is 0.354 e. The third-order valence-electron chi connectivity index (χ3n) is 5.55. The predicted octanol–water partition coefficient (Wildman–Crippen LogP) is 5.19. The lowest BCUT2D eigenvalue weighted by Crippen LogP contribution is -2.22. The summed E-state index contributed by atoms with van der Waals surface area (Å²) in [4.78, 5) is 30.7. The minimum Gasteiger partial charge on any atom is -0.354 e. The van der Waals surface area contributed by atoms with Crippen LogP contribution in [0.3, 0.4) is 0 Å². The zero-order valence-electron chi connectivity index (χ0n) is 20.5. The van der Waals surface area contributed by atoms with Gasteiger partial charge in [-0.2, -0.15) is 0 Å². The molecule has 1 amide bonds. The van der Waals surface area contributed by atoms with Gasteiger partial charge in [0.25, 0.3) is 5.91 Å². The Morgan fingerprint density at radius 2 is 1.83 bits per heavy atom. The summed E-state index contributed by atoms with van der Waals surface area (Å²) in [6.45, 7) is 9.53. The minimum absolute atomic E-state index is 0.0639. The van der Waals surface area contributed by atoms with Gasteiger partial charge in [0.05, 0.1) is 16.9 Å². The second kappa shape index (κ2) is 10.7. The lowest BCUT2D eigenvalue weighted by Gasteiger charge is -2.13. The molecule has 3 aromatic heterocycles. The Bertz CT molecular complexity index is 1300. The summed E-state index contributed by atoms with van der Waals surface area (Å²) >= 11 is 1.45. The maximum absolute atomic E-state index is 12.6. The lowest BCUT2D eigenvalue weighted by atomic mass is 9.98. The number of thiazole rings is 1. The van der Waals surface area contributed by atoms with Crippen LogP contribution in [0.25, 0.3) is 11.3 Å². The Morgan fingerprint density at radius 1 is 1.03 bits per heavy atom. The number of aryl methyl sites for hydroxylation is 1. The topological polar surface area (TPSA) is 92.7 Å². The van der Waals surface area contributed by atoms with E-state index in [1.807, 2.05) is 37.3 Å². The van der Waals surface area contributed by atoms with Crippen LogP contribution in [0.2, 0.25) is 0 Å². The number of hydrogen-bond donors (Lipinski definition) is 2. The standard InChI is InChI=1S/C27H30N6OS/c1-18-15-20(22-10-14-30-26(33-22)29-13-9-19-7-11-28-12-8-19)5-6-21(18)16-31-24(34)23-17-32-25(35-23)27(2,3)4/h5-8,10-12,14-15,17H,9,13,16H2,1-4H3,(H,31,34)(H,29,30,33). The maximum Gasteiger partial charge on any atom is 0.263 e. The van der Waals surface area contributed by atoms with Gasteiger partial charge in [0.15, 0.2) is 0 Å². The number of carbonyl (C=O) groups excluding carboxylic acids is 1. The van der Waals surface area contributed by atoms with Crippen molar-refractivity contribution in [2.45, 2.75) is 46.1 Å². The summed E-state index contributed by atoms with van der Waals surface area (Å²) in [5.74, 6) is 0.504. The summed E-state index contributed by atoms with van der Waals surface area (Å²) in [6, 6.07) is 12.1. The molecular weight excluding hydrogens is 456 g/mol. The number of hydrogen-bond acceptors (Lipinski definition) is 7. The van der Waals surface area contributed by atoms with Crippen LogP contribution in [-0.2, 0) is 18.4 Å². The molecule has 0 unspecified atom stereocenters. The molecule has 180 valence electrons. The Morgan fingerprint density at radius 3 is 2.54 bits per heavy atom. The minimum atomic E-state index is -0.0974. The molecule has 35 heavy (non-hydrogen) atoms. The van der Waals surface area contributed by atoms with Crippen LogP contribution in [-0.4, -0.2) is 32.4 Å². The molecule has 0 spiro atoms. The fraction of sp³-hybridized carbons (Fsp3) is 0.296. The number of pyridine rings is 1. The first kappa shape index (κ1) is 24.5. The van der Waals surface area contributed by atoms with Gasteiger partial charge < -0.3 is 10.6 Å². The highest BCUT2D eigenvalue weighted by Crippen LogP contribution is 2.27. The third-order valence-corrected chi connectivity index (χ3v) is 6.97. The summed E-state index contributed by atoms with van der Waals surface area (Å²) in [5.41, 5.74) is 5.16.